The van der Waals surface area contributed by atoms with E-state index in [1.807, 2.05) is 30.3 Å². The number of halogens is 1. The molecule has 0 saturated carbocycles. The Bertz CT molecular complexity index is 942. The number of carbonyl (C=O) groups is 2. The van der Waals surface area contributed by atoms with Crippen LogP contribution in [-0.2, 0) is 0 Å². The van der Waals surface area contributed by atoms with E-state index in [1.165, 1.54) is 0 Å². The quantitative estimate of drug-likeness (QED) is 0.759. The summed E-state index contributed by atoms with van der Waals surface area (Å²) in [5.74, 6) is -3.06. The molecule has 0 atom stereocenters. The molecule has 0 bridgehead atoms. The Hall–Kier alpha value is -3.54. The van der Waals surface area contributed by atoms with Crippen molar-refractivity contribution in [1.29, 1.82) is 0 Å². The lowest BCUT2D eigenvalue weighted by atomic mass is 9.99. The zero-order valence-corrected chi connectivity index (χ0v) is 12.9. The maximum atomic E-state index is 14.0. The van der Waals surface area contributed by atoms with Crippen molar-refractivity contribution in [1.82, 2.24) is 4.98 Å². The number of aromatic carboxylic acids is 1. The van der Waals surface area contributed by atoms with Crippen LogP contribution in [0.15, 0.2) is 66.9 Å². The molecule has 0 saturated heterocycles. The highest BCUT2D eigenvalue weighted by Gasteiger charge is 2.16. The number of carboxylic acids is 1. The van der Waals surface area contributed by atoms with E-state index in [0.29, 0.717) is 11.1 Å². The van der Waals surface area contributed by atoms with Gasteiger partial charge in [-0.2, -0.15) is 0 Å². The zero-order valence-electron chi connectivity index (χ0n) is 12.9. The van der Waals surface area contributed by atoms with E-state index >= 15 is 0 Å². The van der Waals surface area contributed by atoms with Gasteiger partial charge in [0.25, 0.3) is 5.91 Å². The molecule has 3 aromatic rings. The van der Waals surface area contributed by atoms with Crippen LogP contribution in [-0.4, -0.2) is 22.0 Å². The number of hydrogen-bond donors (Lipinski definition) is 2. The van der Waals surface area contributed by atoms with Crippen LogP contribution in [0.2, 0.25) is 0 Å². The lowest BCUT2D eigenvalue weighted by molar-refractivity contribution is 0.0695. The summed E-state index contributed by atoms with van der Waals surface area (Å²) >= 11 is 0. The Morgan fingerprint density at radius 1 is 1.00 bits per heavy atom. The maximum Gasteiger partial charge on any atom is 0.337 e. The van der Waals surface area contributed by atoms with Crippen molar-refractivity contribution in [2.75, 3.05) is 5.32 Å². The first kappa shape index (κ1) is 16.3. The number of anilines is 1. The van der Waals surface area contributed by atoms with Crippen LogP contribution in [0.1, 0.15) is 20.7 Å². The summed E-state index contributed by atoms with van der Waals surface area (Å²) in [6.45, 7) is 0. The summed E-state index contributed by atoms with van der Waals surface area (Å²) in [7, 11) is 0. The van der Waals surface area contributed by atoms with E-state index in [4.69, 9.17) is 5.11 Å². The fourth-order valence-electron chi connectivity index (χ4n) is 2.37. The van der Waals surface area contributed by atoms with Crippen LogP contribution in [0, 0.1) is 5.82 Å². The fraction of sp³-hybridized carbons (Fsp3) is 0. The second-order valence-corrected chi connectivity index (χ2v) is 5.23. The van der Waals surface area contributed by atoms with E-state index in [0.717, 1.165) is 17.8 Å². The van der Waals surface area contributed by atoms with Crippen molar-refractivity contribution in [2.24, 2.45) is 0 Å². The molecule has 0 aliphatic carbocycles. The van der Waals surface area contributed by atoms with Crippen molar-refractivity contribution in [3.8, 4) is 11.1 Å². The smallest absolute Gasteiger partial charge is 0.337 e. The molecule has 3 rings (SSSR count). The van der Waals surface area contributed by atoms with Gasteiger partial charge in [0.15, 0.2) is 11.6 Å². The van der Waals surface area contributed by atoms with Gasteiger partial charge in [-0.3, -0.25) is 4.79 Å². The molecule has 0 aliphatic rings. The fourth-order valence-corrected chi connectivity index (χ4v) is 2.37. The van der Waals surface area contributed by atoms with Gasteiger partial charge in [-0.25, -0.2) is 14.2 Å². The number of hydrogen-bond acceptors (Lipinski definition) is 3. The number of pyridine rings is 1. The number of nitrogens with zero attached hydrogens (tertiary/aromatic N) is 1. The average Bonchev–Trinajstić information content (AvgIpc) is 2.64. The molecular weight excluding hydrogens is 323 g/mol. The molecular formula is C19H13FN2O3. The Labute approximate surface area is 142 Å². The third-order valence-electron chi connectivity index (χ3n) is 3.58. The molecule has 1 heterocycles. The predicted molar refractivity (Wildman–Crippen MR) is 91.0 cm³/mol. The number of nitrogens with one attached hydrogen (secondary N) is 1. The molecule has 0 radical (unpaired) electrons. The molecule has 25 heavy (non-hydrogen) atoms. The maximum absolute atomic E-state index is 14.0. The largest absolute Gasteiger partial charge is 0.478 e. The van der Waals surface area contributed by atoms with Gasteiger partial charge < -0.3 is 10.4 Å². The number of carbonyl (C=O) groups excluding carboxylic acids is 1. The molecule has 1 amide bonds. The van der Waals surface area contributed by atoms with Gasteiger partial charge in [-0.1, -0.05) is 48.5 Å². The Kier molecular flexibility index (Phi) is 4.52. The van der Waals surface area contributed by atoms with E-state index in [-0.39, 0.29) is 11.4 Å². The first-order valence-electron chi connectivity index (χ1n) is 7.41. The average molecular weight is 336 g/mol. The van der Waals surface area contributed by atoms with Crippen molar-refractivity contribution < 1.29 is 19.1 Å². The highest BCUT2D eigenvalue weighted by atomic mass is 19.1. The molecule has 1 aromatic heterocycles. The third kappa shape index (κ3) is 3.53. The second kappa shape index (κ2) is 6.92. The minimum absolute atomic E-state index is 0.291. The highest BCUT2D eigenvalue weighted by Crippen LogP contribution is 2.24. The number of amides is 1. The van der Waals surface area contributed by atoms with Crippen molar-refractivity contribution >= 4 is 17.7 Å². The van der Waals surface area contributed by atoms with Gasteiger partial charge >= 0.3 is 5.97 Å². The minimum Gasteiger partial charge on any atom is -0.478 e. The van der Waals surface area contributed by atoms with E-state index in [9.17, 15) is 14.0 Å². The molecule has 124 valence electrons. The molecule has 0 fully saturated rings. The first-order valence-corrected chi connectivity index (χ1v) is 7.41. The van der Waals surface area contributed by atoms with Crippen LogP contribution in [0.3, 0.4) is 0 Å². The molecule has 2 N–H and O–H groups in total. The molecule has 6 heteroatoms. The summed E-state index contributed by atoms with van der Waals surface area (Å²) < 4.78 is 14.0. The Morgan fingerprint density at radius 2 is 1.68 bits per heavy atom. The summed E-state index contributed by atoms with van der Waals surface area (Å²) in [4.78, 5) is 27.0. The number of benzene rings is 2. The number of carboxylic acid groups (broad SMARTS) is 1. The van der Waals surface area contributed by atoms with Crippen LogP contribution < -0.4 is 5.32 Å². The molecule has 0 spiro atoms. The normalized spacial score (nSPS) is 10.3. The standard InChI is InChI=1S/C19H13FN2O3/c20-16-10-13(19(24)25)11-21-17(16)22-18(23)15-9-5-4-8-14(15)12-6-2-1-3-7-12/h1-11H,(H,24,25)(H,21,22,23). The van der Waals surface area contributed by atoms with Gasteiger partial charge in [0, 0.05) is 11.8 Å². The number of rotatable bonds is 4. The van der Waals surface area contributed by atoms with Crippen LogP contribution in [0.4, 0.5) is 10.2 Å². The van der Waals surface area contributed by atoms with Gasteiger partial charge in [0.05, 0.1) is 5.56 Å². The topological polar surface area (TPSA) is 79.3 Å². The molecule has 0 aliphatic heterocycles. The number of aromatic nitrogens is 1. The SMILES string of the molecule is O=C(O)c1cnc(NC(=O)c2ccccc2-c2ccccc2)c(F)c1. The van der Waals surface area contributed by atoms with Crippen molar-refractivity contribution in [3.63, 3.8) is 0 Å². The van der Waals surface area contributed by atoms with Gasteiger partial charge in [-0.05, 0) is 23.3 Å². The Morgan fingerprint density at radius 3 is 2.36 bits per heavy atom. The first-order chi connectivity index (χ1) is 12.1. The van der Waals surface area contributed by atoms with Gasteiger partial charge in [0.1, 0.15) is 0 Å². The van der Waals surface area contributed by atoms with E-state index in [2.05, 4.69) is 10.3 Å². The summed E-state index contributed by atoms with van der Waals surface area (Å²) in [5, 5.41) is 11.2. The zero-order chi connectivity index (χ0) is 17.8. The summed E-state index contributed by atoms with van der Waals surface area (Å²) in [6.07, 6.45) is 0.990. The molecule has 2 aromatic carbocycles. The Balaban J connectivity index is 1.92. The molecule has 5 nitrogen and oxygen atoms in total. The van der Waals surface area contributed by atoms with Crippen LogP contribution >= 0.6 is 0 Å². The minimum atomic E-state index is -1.29. The van der Waals surface area contributed by atoms with Crippen LogP contribution in [0.5, 0.6) is 0 Å². The van der Waals surface area contributed by atoms with Gasteiger partial charge in [-0.15, -0.1) is 0 Å². The lowest BCUT2D eigenvalue weighted by Gasteiger charge is -2.10. The van der Waals surface area contributed by atoms with Crippen LogP contribution in [0.25, 0.3) is 11.1 Å². The van der Waals surface area contributed by atoms with Crippen molar-refractivity contribution in [2.45, 2.75) is 0 Å². The van der Waals surface area contributed by atoms with E-state index < -0.39 is 17.7 Å². The van der Waals surface area contributed by atoms with Crippen molar-refractivity contribution in [3.05, 3.63) is 83.8 Å². The monoisotopic (exact) mass is 336 g/mol. The second-order valence-electron chi connectivity index (χ2n) is 5.23. The van der Waals surface area contributed by atoms with Gasteiger partial charge in [0.2, 0.25) is 0 Å². The lowest BCUT2D eigenvalue weighted by Crippen LogP contribution is -2.15. The predicted octanol–water partition coefficient (Wildman–Crippen LogP) is 3.84. The summed E-state index contributed by atoms with van der Waals surface area (Å²) in [5.41, 5.74) is 1.61. The third-order valence-corrected chi connectivity index (χ3v) is 3.58. The van der Waals surface area contributed by atoms with E-state index in [1.54, 1.807) is 24.3 Å². The highest BCUT2D eigenvalue weighted by molar-refractivity contribution is 6.08. The summed E-state index contributed by atoms with van der Waals surface area (Å²) in [6, 6.07) is 17.1. The molecule has 0 unspecified atom stereocenters.